The van der Waals surface area contributed by atoms with Gasteiger partial charge in [0.25, 0.3) is 0 Å². The third-order valence-electron chi connectivity index (χ3n) is 3.87. The molecule has 0 saturated heterocycles. The van der Waals surface area contributed by atoms with Crippen molar-refractivity contribution in [1.82, 2.24) is 5.43 Å². The molecule has 3 rings (SSSR count). The van der Waals surface area contributed by atoms with Crippen LogP contribution in [0.4, 0.5) is 5.69 Å². The summed E-state index contributed by atoms with van der Waals surface area (Å²) in [6.07, 6.45) is 1.69. The van der Waals surface area contributed by atoms with Gasteiger partial charge in [-0.05, 0) is 72.7 Å². The number of rotatable bonds is 6. The predicted molar refractivity (Wildman–Crippen MR) is 120 cm³/mol. The minimum absolute atomic E-state index is 0.386. The number of hydrogen-bond acceptors (Lipinski definition) is 3. The van der Waals surface area contributed by atoms with Crippen molar-refractivity contribution in [2.24, 2.45) is 5.10 Å². The van der Waals surface area contributed by atoms with Crippen molar-refractivity contribution in [3.8, 4) is 5.75 Å². The molecule has 0 radical (unpaired) electrons. The van der Waals surface area contributed by atoms with Crippen LogP contribution in [0.25, 0.3) is 0 Å². The lowest BCUT2D eigenvalue weighted by Crippen LogP contribution is -2.23. The van der Waals surface area contributed by atoms with Crippen LogP contribution in [0.1, 0.15) is 16.7 Å². The molecule has 142 valence electrons. The molecule has 4 nitrogen and oxygen atoms in total. The van der Waals surface area contributed by atoms with Crippen LogP contribution in [0.3, 0.4) is 0 Å². The van der Waals surface area contributed by atoms with Gasteiger partial charge in [0.05, 0.1) is 6.21 Å². The predicted octanol–water partition coefficient (Wildman–Crippen LogP) is 5.55. The Bertz CT molecular complexity index is 956. The highest BCUT2D eigenvalue weighted by Crippen LogP contribution is 2.15. The number of aryl methyl sites for hydroxylation is 1. The summed E-state index contributed by atoms with van der Waals surface area (Å²) in [5.74, 6) is 0.809. The zero-order chi connectivity index (χ0) is 19.8. The van der Waals surface area contributed by atoms with Gasteiger partial charge < -0.3 is 10.1 Å². The molecule has 0 aliphatic carbocycles. The Kier molecular flexibility index (Phi) is 7.00. The van der Waals surface area contributed by atoms with Gasteiger partial charge in [-0.3, -0.25) is 5.43 Å². The van der Waals surface area contributed by atoms with E-state index in [4.69, 9.17) is 28.6 Å². The fraction of sp³-hybridized carbons (Fsp3) is 0.0909. The van der Waals surface area contributed by atoms with Crippen molar-refractivity contribution >= 4 is 40.8 Å². The number of hydrogen-bond donors (Lipinski definition) is 2. The summed E-state index contributed by atoms with van der Waals surface area (Å²) in [4.78, 5) is 0. The standard InChI is InChI=1S/C22H20ClN3OS/c1-16-5-7-18(8-6-16)15-27-21-11-9-17(10-12-21)14-24-26-22(28)25-20-4-2-3-19(23)13-20/h2-14H,15H2,1H3,(H2,25,26,28)/b24-14-. The lowest BCUT2D eigenvalue weighted by atomic mass is 10.2. The summed E-state index contributed by atoms with van der Waals surface area (Å²) < 4.78 is 5.80. The molecular weight excluding hydrogens is 390 g/mol. The third kappa shape index (κ3) is 6.37. The Labute approximate surface area is 175 Å². The Balaban J connectivity index is 1.46. The summed E-state index contributed by atoms with van der Waals surface area (Å²) in [6.45, 7) is 2.61. The monoisotopic (exact) mass is 409 g/mol. The Morgan fingerprint density at radius 2 is 1.82 bits per heavy atom. The second kappa shape index (κ2) is 9.88. The van der Waals surface area contributed by atoms with Crippen molar-refractivity contribution in [1.29, 1.82) is 0 Å². The molecule has 0 saturated carbocycles. The molecule has 0 amide bonds. The lowest BCUT2D eigenvalue weighted by Gasteiger charge is -2.07. The normalized spacial score (nSPS) is 10.6. The minimum Gasteiger partial charge on any atom is -0.489 e. The second-order valence-corrected chi connectivity index (χ2v) is 7.02. The van der Waals surface area contributed by atoms with E-state index in [0.717, 1.165) is 22.6 Å². The SMILES string of the molecule is Cc1ccc(COc2ccc(/C=N\NC(=S)Nc3cccc(Cl)c3)cc2)cc1. The highest BCUT2D eigenvalue weighted by Gasteiger charge is 1.98. The highest BCUT2D eigenvalue weighted by molar-refractivity contribution is 7.80. The zero-order valence-electron chi connectivity index (χ0n) is 15.4. The van der Waals surface area contributed by atoms with Crippen molar-refractivity contribution in [2.75, 3.05) is 5.32 Å². The van der Waals surface area contributed by atoms with Crippen molar-refractivity contribution in [2.45, 2.75) is 13.5 Å². The third-order valence-corrected chi connectivity index (χ3v) is 4.30. The molecule has 0 fully saturated rings. The smallest absolute Gasteiger partial charge is 0.191 e. The quantitative estimate of drug-likeness (QED) is 0.318. The summed E-state index contributed by atoms with van der Waals surface area (Å²) in [6, 6.07) is 23.3. The molecule has 0 bridgehead atoms. The molecule has 6 heteroatoms. The summed E-state index contributed by atoms with van der Waals surface area (Å²) in [5, 5.41) is 8.18. The van der Waals surface area contributed by atoms with Crippen LogP contribution in [0, 0.1) is 6.92 Å². The molecule has 0 aliphatic heterocycles. The molecule has 3 aromatic rings. The fourth-order valence-corrected chi connectivity index (χ4v) is 2.75. The van der Waals surface area contributed by atoms with Gasteiger partial charge in [0.1, 0.15) is 12.4 Å². The summed E-state index contributed by atoms with van der Waals surface area (Å²) in [7, 11) is 0. The number of halogens is 1. The van der Waals surface area contributed by atoms with Gasteiger partial charge >= 0.3 is 0 Å². The Hall–Kier alpha value is -2.89. The molecule has 0 atom stereocenters. The van der Waals surface area contributed by atoms with Gasteiger partial charge in [-0.25, -0.2) is 0 Å². The minimum atomic E-state index is 0.386. The number of thiocarbonyl (C=S) groups is 1. The largest absolute Gasteiger partial charge is 0.489 e. The maximum Gasteiger partial charge on any atom is 0.191 e. The molecule has 0 aliphatic rings. The van der Waals surface area contributed by atoms with E-state index < -0.39 is 0 Å². The van der Waals surface area contributed by atoms with Gasteiger partial charge in [-0.1, -0.05) is 47.5 Å². The molecule has 0 heterocycles. The molecule has 0 aromatic heterocycles. The van der Waals surface area contributed by atoms with E-state index in [1.807, 2.05) is 36.4 Å². The maximum atomic E-state index is 5.95. The van der Waals surface area contributed by atoms with E-state index in [0.29, 0.717) is 16.7 Å². The summed E-state index contributed by atoms with van der Waals surface area (Å²) >= 11 is 11.2. The zero-order valence-corrected chi connectivity index (χ0v) is 16.9. The van der Waals surface area contributed by atoms with Gasteiger partial charge in [0.15, 0.2) is 5.11 Å². The Morgan fingerprint density at radius 3 is 2.54 bits per heavy atom. The summed E-state index contributed by atoms with van der Waals surface area (Å²) in [5.41, 5.74) is 6.89. The number of hydrazone groups is 1. The van der Waals surface area contributed by atoms with Gasteiger partial charge in [0, 0.05) is 10.7 Å². The maximum absolute atomic E-state index is 5.95. The van der Waals surface area contributed by atoms with E-state index in [1.165, 1.54) is 5.56 Å². The van der Waals surface area contributed by atoms with Gasteiger partial charge in [-0.2, -0.15) is 5.10 Å². The van der Waals surface area contributed by atoms with E-state index in [-0.39, 0.29) is 0 Å². The second-order valence-electron chi connectivity index (χ2n) is 6.18. The fourth-order valence-electron chi connectivity index (χ4n) is 2.39. The first kappa shape index (κ1) is 19.9. The first-order chi connectivity index (χ1) is 13.6. The number of benzene rings is 3. The number of nitrogens with one attached hydrogen (secondary N) is 2. The Morgan fingerprint density at radius 1 is 1.07 bits per heavy atom. The van der Waals surface area contributed by atoms with Crippen LogP contribution in [0.5, 0.6) is 5.75 Å². The highest BCUT2D eigenvalue weighted by atomic mass is 35.5. The first-order valence-corrected chi connectivity index (χ1v) is 9.51. The molecular formula is C22H20ClN3OS. The van der Waals surface area contributed by atoms with E-state index in [2.05, 4.69) is 47.0 Å². The topological polar surface area (TPSA) is 45.6 Å². The van der Waals surface area contributed by atoms with Crippen LogP contribution in [0.15, 0.2) is 77.9 Å². The van der Waals surface area contributed by atoms with Gasteiger partial charge in [0.2, 0.25) is 0 Å². The molecule has 2 N–H and O–H groups in total. The van der Waals surface area contributed by atoms with Gasteiger partial charge in [-0.15, -0.1) is 0 Å². The molecule has 0 unspecified atom stereocenters. The van der Waals surface area contributed by atoms with E-state index in [1.54, 1.807) is 18.3 Å². The van der Waals surface area contributed by atoms with Crippen LogP contribution in [-0.4, -0.2) is 11.3 Å². The van der Waals surface area contributed by atoms with E-state index in [9.17, 15) is 0 Å². The van der Waals surface area contributed by atoms with E-state index >= 15 is 0 Å². The molecule has 28 heavy (non-hydrogen) atoms. The number of nitrogens with zero attached hydrogens (tertiary/aromatic N) is 1. The molecule has 3 aromatic carbocycles. The van der Waals surface area contributed by atoms with Crippen LogP contribution < -0.4 is 15.5 Å². The first-order valence-electron chi connectivity index (χ1n) is 8.72. The average Bonchev–Trinajstić information content (AvgIpc) is 2.68. The van der Waals surface area contributed by atoms with Crippen molar-refractivity contribution in [3.63, 3.8) is 0 Å². The number of anilines is 1. The van der Waals surface area contributed by atoms with Crippen LogP contribution in [-0.2, 0) is 6.61 Å². The number of ether oxygens (including phenoxy) is 1. The molecule has 0 spiro atoms. The van der Waals surface area contributed by atoms with Crippen LogP contribution in [0.2, 0.25) is 5.02 Å². The average molecular weight is 410 g/mol. The lowest BCUT2D eigenvalue weighted by molar-refractivity contribution is 0.306. The van der Waals surface area contributed by atoms with Crippen molar-refractivity contribution in [3.05, 3.63) is 94.5 Å². The van der Waals surface area contributed by atoms with Crippen molar-refractivity contribution < 1.29 is 4.74 Å². The van der Waals surface area contributed by atoms with Crippen LogP contribution >= 0.6 is 23.8 Å².